The summed E-state index contributed by atoms with van der Waals surface area (Å²) >= 11 is 0. The van der Waals surface area contributed by atoms with E-state index in [1.807, 2.05) is 32.4 Å². The number of ether oxygens (including phenoxy) is 2. The summed E-state index contributed by atoms with van der Waals surface area (Å²) in [7, 11) is 0.700. The standard InChI is InChI=1S/C51H79N7O12S/c1-10-32(4)45(55(6)51(66)44(31(2)3)53-50(65)46-35-22-23-36(29-35)58(46)42(61)21-15-12-16-26-57-40(59)24-25-41(57)60)39(69-7)30-43(62)56-27-17-20-38(56)47(70-8)33(5)48(63)52-37(49(64)54-71(9,67)68)28-34-18-13-11-14-19-34/h11,13-14,18-19,24-25,31-33,35-40,44-47,59H,10,12,15-17,20-23,26-30H2,1-9H3,(H,52,63)(H,53,65)(H,54,64)/t32-,33+,35-,36+,37-,38-,39+,40?,44-,45-,46-,47+/m0/s1. The van der Waals surface area contributed by atoms with Crippen LogP contribution in [0, 0.1) is 23.7 Å². The number of nitrogens with one attached hydrogen (secondary N) is 3. The molecule has 71 heavy (non-hydrogen) atoms. The highest BCUT2D eigenvalue weighted by Crippen LogP contribution is 2.43. The van der Waals surface area contributed by atoms with Crippen molar-refractivity contribution < 1.29 is 56.6 Å². The number of amides is 7. The van der Waals surface area contributed by atoms with Crippen LogP contribution in [0.4, 0.5) is 0 Å². The molecule has 1 unspecified atom stereocenters. The maximum atomic E-state index is 14.7. The Morgan fingerprint density at radius 3 is 2.23 bits per heavy atom. The number of fused-ring (bicyclic) bond motifs is 2. The smallest absolute Gasteiger partial charge is 0.256 e. The molecule has 0 radical (unpaired) electrons. The molecule has 1 aromatic rings. The van der Waals surface area contributed by atoms with Gasteiger partial charge in [0.2, 0.25) is 45.5 Å². The first-order chi connectivity index (χ1) is 33.6. The number of hydrogen-bond acceptors (Lipinski definition) is 12. The molecule has 0 spiro atoms. The van der Waals surface area contributed by atoms with E-state index < -0.39 is 76.4 Å². The van der Waals surface area contributed by atoms with Gasteiger partial charge in [-0.3, -0.25) is 38.3 Å². The average Bonchev–Trinajstić information content (AvgIpc) is 4.15. The van der Waals surface area contributed by atoms with Gasteiger partial charge in [0.05, 0.1) is 42.9 Å². The van der Waals surface area contributed by atoms with Crippen molar-refractivity contribution in [1.82, 2.24) is 35.0 Å². The lowest BCUT2D eigenvalue weighted by atomic mass is 9.89. The van der Waals surface area contributed by atoms with E-state index >= 15 is 0 Å². The number of unbranched alkanes of at least 4 members (excludes halogenated alkanes) is 2. The third kappa shape index (κ3) is 14.4. The molecule has 2 saturated heterocycles. The molecule has 4 N–H and O–H groups in total. The number of methoxy groups -OCH3 is 2. The van der Waals surface area contributed by atoms with Gasteiger partial charge in [0, 0.05) is 59.3 Å². The molecule has 5 rings (SSSR count). The maximum Gasteiger partial charge on any atom is 0.256 e. The van der Waals surface area contributed by atoms with Crippen molar-refractivity contribution in [2.45, 2.75) is 166 Å². The molecular formula is C51H79N7O12S. The second-order valence-electron chi connectivity index (χ2n) is 20.4. The Labute approximate surface area is 420 Å². The predicted octanol–water partition coefficient (Wildman–Crippen LogP) is 2.51. The van der Waals surface area contributed by atoms with Crippen LogP contribution in [0.2, 0.25) is 0 Å². The highest BCUT2D eigenvalue weighted by Gasteiger charge is 2.52. The lowest BCUT2D eigenvalue weighted by Gasteiger charge is -2.41. The molecule has 1 saturated carbocycles. The Balaban J connectivity index is 1.24. The lowest BCUT2D eigenvalue weighted by molar-refractivity contribution is -0.149. The van der Waals surface area contributed by atoms with Gasteiger partial charge >= 0.3 is 0 Å². The van der Waals surface area contributed by atoms with E-state index in [1.165, 1.54) is 31.3 Å². The lowest BCUT2D eigenvalue weighted by Crippen LogP contribution is -2.60. The molecule has 7 amide bonds. The topological polar surface area (TPSA) is 241 Å². The summed E-state index contributed by atoms with van der Waals surface area (Å²) < 4.78 is 38.0. The minimum Gasteiger partial charge on any atom is -0.379 e. The van der Waals surface area contributed by atoms with E-state index in [1.54, 1.807) is 59.0 Å². The highest BCUT2D eigenvalue weighted by atomic mass is 32.2. The number of aliphatic hydroxyl groups excluding tert-OH is 1. The van der Waals surface area contributed by atoms with E-state index in [0.29, 0.717) is 57.2 Å². The van der Waals surface area contributed by atoms with Crippen LogP contribution in [-0.4, -0.2) is 170 Å². The predicted molar refractivity (Wildman–Crippen MR) is 265 cm³/mol. The molecule has 2 bridgehead atoms. The van der Waals surface area contributed by atoms with Crippen molar-refractivity contribution in [3.63, 3.8) is 0 Å². The van der Waals surface area contributed by atoms with Crippen LogP contribution in [0.15, 0.2) is 42.5 Å². The Bertz CT molecular complexity index is 2180. The van der Waals surface area contributed by atoms with Crippen molar-refractivity contribution >= 4 is 51.4 Å². The molecule has 3 fully saturated rings. The largest absolute Gasteiger partial charge is 0.379 e. The minimum atomic E-state index is -3.93. The molecule has 3 heterocycles. The summed E-state index contributed by atoms with van der Waals surface area (Å²) in [6.45, 7) is 10.1. The molecule has 3 aliphatic heterocycles. The zero-order chi connectivity index (χ0) is 52.3. The molecule has 4 aliphatic rings. The molecule has 19 nitrogen and oxygen atoms in total. The quantitative estimate of drug-likeness (QED) is 0.0980. The van der Waals surface area contributed by atoms with Crippen LogP contribution in [0.1, 0.15) is 111 Å². The first kappa shape index (κ1) is 57.0. The molecule has 396 valence electrons. The van der Waals surface area contributed by atoms with Crippen molar-refractivity contribution in [3.05, 3.63) is 48.0 Å². The van der Waals surface area contributed by atoms with Gasteiger partial charge in [0.25, 0.3) is 5.91 Å². The van der Waals surface area contributed by atoms with Gasteiger partial charge in [-0.1, -0.05) is 77.8 Å². The van der Waals surface area contributed by atoms with E-state index in [-0.39, 0.29) is 72.6 Å². The van der Waals surface area contributed by atoms with Gasteiger partial charge in [-0.05, 0) is 74.3 Å². The van der Waals surface area contributed by atoms with Gasteiger partial charge in [-0.15, -0.1) is 0 Å². The van der Waals surface area contributed by atoms with Crippen LogP contribution in [0.5, 0.6) is 0 Å². The fraction of sp³-hybridized carbons (Fsp3) is 0.706. The van der Waals surface area contributed by atoms with E-state index in [2.05, 4.69) is 10.6 Å². The monoisotopic (exact) mass is 1010 g/mol. The average molecular weight is 1010 g/mol. The van der Waals surface area contributed by atoms with Crippen LogP contribution < -0.4 is 15.4 Å². The Hall–Kier alpha value is -4.92. The molecule has 0 aromatic heterocycles. The van der Waals surface area contributed by atoms with Gasteiger partial charge in [-0.2, -0.15) is 0 Å². The second kappa shape index (κ2) is 25.6. The fourth-order valence-electron chi connectivity index (χ4n) is 11.2. The van der Waals surface area contributed by atoms with Gasteiger partial charge in [0.1, 0.15) is 24.4 Å². The van der Waals surface area contributed by atoms with E-state index in [9.17, 15) is 47.1 Å². The minimum absolute atomic E-state index is 0.0222. The van der Waals surface area contributed by atoms with Gasteiger partial charge in [-0.25, -0.2) is 8.42 Å². The van der Waals surface area contributed by atoms with Crippen LogP contribution in [0.25, 0.3) is 0 Å². The van der Waals surface area contributed by atoms with E-state index in [0.717, 1.165) is 25.5 Å². The summed E-state index contributed by atoms with van der Waals surface area (Å²) in [5.74, 6) is -4.12. The zero-order valence-corrected chi connectivity index (χ0v) is 43.9. The summed E-state index contributed by atoms with van der Waals surface area (Å²) in [4.78, 5) is 103. The van der Waals surface area contributed by atoms with Crippen molar-refractivity contribution in [2.24, 2.45) is 23.7 Å². The Morgan fingerprint density at radius 1 is 0.915 bits per heavy atom. The SMILES string of the molecule is CC[C@H](C)[C@@H]([C@@H](CC(=O)N1CCC[C@H]1[C@H](OC)[C@@H](C)C(=O)N[C@@H](Cc1ccccc1)C(=O)NS(C)(=O)=O)OC)N(C)C(=O)[C@@H](NC(=O)[C@@H]1[C@H]2CC[C@H](C2)N1C(=O)CCCCCN1C(=O)C=CC1O)C(C)C. The normalized spacial score (nSPS) is 23.8. The first-order valence-corrected chi connectivity index (χ1v) is 27.3. The number of piperidine rings is 1. The van der Waals surface area contributed by atoms with Gasteiger partial charge < -0.3 is 44.8 Å². The van der Waals surface area contributed by atoms with Crippen molar-refractivity contribution in [2.75, 3.05) is 40.6 Å². The van der Waals surface area contributed by atoms with E-state index in [4.69, 9.17) is 9.47 Å². The second-order valence-corrected chi connectivity index (χ2v) is 22.1. The number of rotatable bonds is 26. The van der Waals surface area contributed by atoms with Gasteiger partial charge in [0.15, 0.2) is 0 Å². The Kier molecular flexibility index (Phi) is 20.6. The highest BCUT2D eigenvalue weighted by molar-refractivity contribution is 7.89. The number of sulfonamides is 1. The summed E-state index contributed by atoms with van der Waals surface area (Å²) in [5.41, 5.74) is 0.705. The van der Waals surface area contributed by atoms with Crippen LogP contribution in [0.3, 0.4) is 0 Å². The fourth-order valence-corrected chi connectivity index (χ4v) is 11.7. The number of benzene rings is 1. The van der Waals surface area contributed by atoms with Crippen molar-refractivity contribution in [3.8, 4) is 0 Å². The third-order valence-corrected chi connectivity index (χ3v) is 15.7. The third-order valence-electron chi connectivity index (χ3n) is 15.1. The number of likely N-dealkylation sites (tertiary alicyclic amines) is 2. The number of carbonyl (C=O) groups is 7. The molecular weight excluding hydrogens is 935 g/mol. The maximum absolute atomic E-state index is 14.7. The van der Waals surface area contributed by atoms with Crippen molar-refractivity contribution in [1.29, 1.82) is 0 Å². The number of nitrogens with zero attached hydrogens (tertiary/aromatic N) is 4. The molecule has 12 atom stereocenters. The summed E-state index contributed by atoms with van der Waals surface area (Å²) in [6.07, 6.45) is 7.37. The number of hydrogen-bond donors (Lipinski definition) is 4. The van der Waals surface area contributed by atoms with Crippen LogP contribution >= 0.6 is 0 Å². The van der Waals surface area contributed by atoms with Crippen LogP contribution in [-0.2, 0) is 59.5 Å². The zero-order valence-electron chi connectivity index (χ0n) is 43.1. The molecule has 20 heteroatoms. The number of carbonyl (C=O) groups excluding carboxylic acids is 7. The Morgan fingerprint density at radius 2 is 1.62 bits per heavy atom. The first-order valence-electron chi connectivity index (χ1n) is 25.4. The number of aliphatic hydroxyl groups is 1. The summed E-state index contributed by atoms with van der Waals surface area (Å²) in [6, 6.07) is 4.85. The molecule has 1 aromatic carbocycles. The summed E-state index contributed by atoms with van der Waals surface area (Å²) in [5, 5.41) is 15.8. The number of likely N-dealkylation sites (N-methyl/N-ethyl adjacent to an activating group) is 1. The molecule has 1 aliphatic carbocycles.